The molecule has 0 aliphatic carbocycles. The van der Waals surface area contributed by atoms with Crippen molar-refractivity contribution in [3.05, 3.63) is 0 Å². The summed E-state index contributed by atoms with van der Waals surface area (Å²) in [4.78, 5) is 2.42. The van der Waals surface area contributed by atoms with Gasteiger partial charge in [0.15, 0.2) is 0 Å². The summed E-state index contributed by atoms with van der Waals surface area (Å²) in [5, 5.41) is 0. The predicted molar refractivity (Wildman–Crippen MR) is 58.7 cm³/mol. The summed E-state index contributed by atoms with van der Waals surface area (Å²) in [6.07, 6.45) is 5.72. The molecule has 0 saturated carbocycles. The van der Waals surface area contributed by atoms with Gasteiger partial charge in [0.2, 0.25) is 0 Å². The molecule has 0 spiro atoms. The van der Waals surface area contributed by atoms with Gasteiger partial charge in [0.05, 0.1) is 0 Å². The molecular formula is C11H27N. The monoisotopic (exact) mass is 173 g/mol. The second-order valence-electron chi connectivity index (χ2n) is 2.72. The normalized spacial score (nSPS) is 17.8. The fraction of sp³-hybridized carbons (Fsp3) is 1.00. The zero-order valence-electron chi connectivity index (χ0n) is 9.69. The smallest absolute Gasteiger partial charge is 0.00218 e. The van der Waals surface area contributed by atoms with E-state index >= 15 is 0 Å². The van der Waals surface area contributed by atoms with Gasteiger partial charge in [-0.1, -0.05) is 40.5 Å². The zero-order chi connectivity index (χ0) is 9.82. The van der Waals surface area contributed by atoms with Gasteiger partial charge in [-0.3, -0.25) is 0 Å². The topological polar surface area (TPSA) is 3.24 Å². The van der Waals surface area contributed by atoms with Crippen LogP contribution in [-0.4, -0.2) is 25.0 Å². The second-order valence-corrected chi connectivity index (χ2v) is 2.72. The van der Waals surface area contributed by atoms with Gasteiger partial charge in [-0.25, -0.2) is 0 Å². The van der Waals surface area contributed by atoms with Gasteiger partial charge in [0, 0.05) is 0 Å². The first kappa shape index (κ1) is 14.5. The third-order valence-electron chi connectivity index (χ3n) is 1.83. The van der Waals surface area contributed by atoms with Crippen molar-refractivity contribution in [2.45, 2.75) is 53.4 Å². The third kappa shape index (κ3) is 9.96. The summed E-state index contributed by atoms with van der Waals surface area (Å²) in [5.74, 6) is 0. The highest BCUT2D eigenvalue weighted by Crippen LogP contribution is 2.06. The van der Waals surface area contributed by atoms with Crippen LogP contribution in [0.4, 0.5) is 0 Å². The maximum Gasteiger partial charge on any atom is -0.00218 e. The molecule has 0 radical (unpaired) electrons. The largest absolute Gasteiger partial charge is 0.306 e. The minimum Gasteiger partial charge on any atom is -0.306 e. The first-order chi connectivity index (χ1) is 5.89. The van der Waals surface area contributed by atoms with Crippen LogP contribution in [0, 0.1) is 0 Å². The predicted octanol–water partition coefficient (Wildman–Crippen LogP) is 3.54. The molecule has 0 amide bonds. The minimum atomic E-state index is 1.32. The molecule has 0 aromatic rings. The van der Waals surface area contributed by atoms with Crippen molar-refractivity contribution in [2.75, 3.05) is 20.1 Å². The standard InChI is InChI=1S/C7H15N.2C2H6/c1-8-6-4-2-3-5-7-8;2*1-2/h2-7H2,1H3;2*1-2H3. The van der Waals surface area contributed by atoms with Crippen LogP contribution in [0.5, 0.6) is 0 Å². The first-order valence-electron chi connectivity index (χ1n) is 5.58. The van der Waals surface area contributed by atoms with Crippen LogP contribution in [0.3, 0.4) is 0 Å². The van der Waals surface area contributed by atoms with Crippen molar-refractivity contribution in [2.24, 2.45) is 0 Å². The van der Waals surface area contributed by atoms with Crippen molar-refractivity contribution in [3.63, 3.8) is 0 Å². The lowest BCUT2D eigenvalue weighted by atomic mass is 10.2. The maximum atomic E-state index is 2.42. The molecule has 0 unspecified atom stereocenters. The Balaban J connectivity index is 0. The van der Waals surface area contributed by atoms with E-state index in [1.165, 1.54) is 38.8 Å². The number of likely N-dealkylation sites (tertiary alicyclic amines) is 1. The number of nitrogens with zero attached hydrogens (tertiary/aromatic N) is 1. The van der Waals surface area contributed by atoms with Crippen LogP contribution < -0.4 is 0 Å². The highest BCUT2D eigenvalue weighted by molar-refractivity contribution is 4.57. The molecule has 1 saturated heterocycles. The van der Waals surface area contributed by atoms with E-state index in [-0.39, 0.29) is 0 Å². The van der Waals surface area contributed by atoms with Crippen LogP contribution in [0.2, 0.25) is 0 Å². The van der Waals surface area contributed by atoms with E-state index < -0.39 is 0 Å². The summed E-state index contributed by atoms with van der Waals surface area (Å²) < 4.78 is 0. The molecule has 1 nitrogen and oxygen atoms in total. The molecule has 1 rings (SSSR count). The van der Waals surface area contributed by atoms with E-state index in [0.717, 1.165) is 0 Å². The molecule has 0 bridgehead atoms. The van der Waals surface area contributed by atoms with Crippen LogP contribution in [0.1, 0.15) is 53.4 Å². The van der Waals surface area contributed by atoms with Gasteiger partial charge in [0.1, 0.15) is 0 Å². The van der Waals surface area contributed by atoms with Gasteiger partial charge in [-0.05, 0) is 33.0 Å². The van der Waals surface area contributed by atoms with Crippen LogP contribution in [0.25, 0.3) is 0 Å². The number of rotatable bonds is 0. The van der Waals surface area contributed by atoms with Crippen LogP contribution in [0.15, 0.2) is 0 Å². The Hall–Kier alpha value is -0.0400. The van der Waals surface area contributed by atoms with Crippen molar-refractivity contribution in [3.8, 4) is 0 Å². The molecule has 0 atom stereocenters. The molecule has 1 heteroatoms. The van der Waals surface area contributed by atoms with Crippen molar-refractivity contribution in [1.82, 2.24) is 4.90 Å². The molecule has 0 aromatic heterocycles. The molecular weight excluding hydrogens is 146 g/mol. The number of hydrogen-bond donors (Lipinski definition) is 0. The van der Waals surface area contributed by atoms with Gasteiger partial charge >= 0.3 is 0 Å². The van der Waals surface area contributed by atoms with Gasteiger partial charge in [-0.2, -0.15) is 0 Å². The lowest BCUT2D eigenvalue weighted by Crippen LogP contribution is -2.18. The third-order valence-corrected chi connectivity index (χ3v) is 1.83. The van der Waals surface area contributed by atoms with Crippen LogP contribution in [-0.2, 0) is 0 Å². The molecule has 1 aliphatic rings. The summed E-state index contributed by atoms with van der Waals surface area (Å²) in [6, 6.07) is 0. The molecule has 76 valence electrons. The van der Waals surface area contributed by atoms with Crippen molar-refractivity contribution >= 4 is 0 Å². The molecule has 1 aliphatic heterocycles. The van der Waals surface area contributed by atoms with Gasteiger partial charge in [-0.15, -0.1) is 0 Å². The quantitative estimate of drug-likeness (QED) is 0.541. The van der Waals surface area contributed by atoms with Gasteiger partial charge < -0.3 is 4.90 Å². The molecule has 1 heterocycles. The summed E-state index contributed by atoms with van der Waals surface area (Å²) >= 11 is 0. The Morgan fingerprint density at radius 2 is 1.00 bits per heavy atom. The Bertz CT molecular complexity index is 54.0. The van der Waals surface area contributed by atoms with E-state index in [1.54, 1.807) is 0 Å². The molecule has 12 heavy (non-hydrogen) atoms. The summed E-state index contributed by atoms with van der Waals surface area (Å²) in [6.45, 7) is 10.6. The van der Waals surface area contributed by atoms with Gasteiger partial charge in [0.25, 0.3) is 0 Å². The fourth-order valence-corrected chi connectivity index (χ4v) is 1.23. The van der Waals surface area contributed by atoms with E-state index in [4.69, 9.17) is 0 Å². The van der Waals surface area contributed by atoms with Crippen LogP contribution >= 0.6 is 0 Å². The van der Waals surface area contributed by atoms with E-state index in [1.807, 2.05) is 27.7 Å². The Labute approximate surface area is 79.2 Å². The van der Waals surface area contributed by atoms with E-state index in [2.05, 4.69) is 11.9 Å². The maximum absolute atomic E-state index is 2.42. The lowest BCUT2D eigenvalue weighted by Gasteiger charge is -2.10. The van der Waals surface area contributed by atoms with Crippen molar-refractivity contribution < 1.29 is 0 Å². The fourth-order valence-electron chi connectivity index (χ4n) is 1.23. The zero-order valence-corrected chi connectivity index (χ0v) is 9.69. The molecule has 0 aromatic carbocycles. The second kappa shape index (κ2) is 13.5. The Kier molecular flexibility index (Phi) is 16.3. The SMILES string of the molecule is CC.CC.CN1CCCCCC1. The average Bonchev–Trinajstić information content (AvgIpc) is 2.40. The van der Waals surface area contributed by atoms with Crippen molar-refractivity contribution in [1.29, 1.82) is 0 Å². The van der Waals surface area contributed by atoms with E-state index in [0.29, 0.717) is 0 Å². The first-order valence-corrected chi connectivity index (χ1v) is 5.58. The highest BCUT2D eigenvalue weighted by atomic mass is 15.1. The Morgan fingerprint density at radius 1 is 0.667 bits per heavy atom. The minimum absolute atomic E-state index is 1.32. The highest BCUT2D eigenvalue weighted by Gasteiger charge is 2.01. The molecule has 1 fully saturated rings. The average molecular weight is 173 g/mol. The van der Waals surface area contributed by atoms with E-state index in [9.17, 15) is 0 Å². The summed E-state index contributed by atoms with van der Waals surface area (Å²) in [7, 11) is 2.21. The number of hydrogen-bond acceptors (Lipinski definition) is 1. The Morgan fingerprint density at radius 3 is 1.33 bits per heavy atom. The summed E-state index contributed by atoms with van der Waals surface area (Å²) in [5.41, 5.74) is 0. The molecule has 0 N–H and O–H groups in total. The lowest BCUT2D eigenvalue weighted by molar-refractivity contribution is 0.349.